The molecule has 9 nitrogen and oxygen atoms in total. The Hall–Kier alpha value is -3.75. The van der Waals surface area contributed by atoms with Gasteiger partial charge in [-0.15, -0.1) is 0 Å². The van der Waals surface area contributed by atoms with E-state index in [4.69, 9.17) is 0 Å². The van der Waals surface area contributed by atoms with Crippen LogP contribution in [0, 0.1) is 0 Å². The second kappa shape index (κ2) is 7.70. The number of carboxylic acids is 1. The predicted octanol–water partition coefficient (Wildman–Crippen LogP) is 1.80. The molecule has 4 aromatic rings. The summed E-state index contributed by atoms with van der Waals surface area (Å²) in [6.07, 6.45) is 6.98. The SMILES string of the molecule is CCn1cncc1Cn1c(=O)n(CCc2ccccn2)c2ncc(C(=O)O)cc21. The fourth-order valence-corrected chi connectivity index (χ4v) is 3.36. The molecule has 0 saturated carbocycles. The first-order valence-corrected chi connectivity index (χ1v) is 9.29. The molecule has 0 aliphatic heterocycles. The molecule has 4 aromatic heterocycles. The number of aryl methyl sites for hydroxylation is 3. The van der Waals surface area contributed by atoms with Crippen LogP contribution >= 0.6 is 0 Å². The molecule has 29 heavy (non-hydrogen) atoms. The summed E-state index contributed by atoms with van der Waals surface area (Å²) < 4.78 is 5.07. The van der Waals surface area contributed by atoms with Gasteiger partial charge in [0.15, 0.2) is 5.65 Å². The van der Waals surface area contributed by atoms with Crippen LogP contribution < -0.4 is 5.69 Å². The van der Waals surface area contributed by atoms with Crippen LogP contribution in [-0.4, -0.2) is 39.7 Å². The van der Waals surface area contributed by atoms with Crippen LogP contribution in [0.5, 0.6) is 0 Å². The third-order valence-electron chi connectivity index (χ3n) is 4.88. The monoisotopic (exact) mass is 392 g/mol. The van der Waals surface area contributed by atoms with E-state index in [1.165, 1.54) is 12.3 Å². The average Bonchev–Trinajstić information content (AvgIpc) is 3.29. The molecule has 0 aliphatic rings. The number of aromatic carboxylic acids is 1. The van der Waals surface area contributed by atoms with Crippen molar-refractivity contribution in [2.75, 3.05) is 0 Å². The van der Waals surface area contributed by atoms with Crippen LogP contribution in [0.1, 0.15) is 28.7 Å². The molecule has 0 aliphatic carbocycles. The lowest BCUT2D eigenvalue weighted by Gasteiger charge is -2.06. The van der Waals surface area contributed by atoms with Gasteiger partial charge in [0.25, 0.3) is 0 Å². The zero-order chi connectivity index (χ0) is 20.4. The van der Waals surface area contributed by atoms with Gasteiger partial charge in [-0.2, -0.15) is 0 Å². The summed E-state index contributed by atoms with van der Waals surface area (Å²) in [5.41, 5.74) is 2.47. The lowest BCUT2D eigenvalue weighted by molar-refractivity contribution is 0.0696. The molecular formula is C20H20N6O3. The molecule has 0 bridgehead atoms. The molecule has 0 saturated heterocycles. The summed E-state index contributed by atoms with van der Waals surface area (Å²) in [5, 5.41) is 9.35. The van der Waals surface area contributed by atoms with Crippen molar-refractivity contribution in [2.24, 2.45) is 0 Å². The van der Waals surface area contributed by atoms with Crippen molar-refractivity contribution in [3.05, 3.63) is 76.6 Å². The van der Waals surface area contributed by atoms with Crippen LogP contribution in [0.25, 0.3) is 11.2 Å². The number of hydrogen-bond acceptors (Lipinski definition) is 5. The molecule has 4 rings (SSSR count). The quantitative estimate of drug-likeness (QED) is 0.514. The smallest absolute Gasteiger partial charge is 0.337 e. The maximum atomic E-state index is 13.2. The van der Waals surface area contributed by atoms with E-state index in [1.54, 1.807) is 27.9 Å². The maximum Gasteiger partial charge on any atom is 0.337 e. The van der Waals surface area contributed by atoms with Crippen LogP contribution in [0.4, 0.5) is 0 Å². The first-order valence-electron chi connectivity index (χ1n) is 9.29. The Balaban J connectivity index is 1.80. The Labute approximate surface area is 165 Å². The number of carboxylic acid groups (broad SMARTS) is 1. The van der Waals surface area contributed by atoms with Gasteiger partial charge in [0, 0.05) is 43.8 Å². The van der Waals surface area contributed by atoms with Crippen molar-refractivity contribution >= 4 is 17.1 Å². The topological polar surface area (TPSA) is 108 Å². The van der Waals surface area contributed by atoms with Gasteiger partial charge in [0.2, 0.25) is 0 Å². The zero-order valence-electron chi connectivity index (χ0n) is 15.9. The molecule has 9 heteroatoms. The van der Waals surface area contributed by atoms with Gasteiger partial charge in [0.1, 0.15) is 0 Å². The molecule has 1 N–H and O–H groups in total. The highest BCUT2D eigenvalue weighted by Crippen LogP contribution is 2.15. The molecule has 0 aromatic carbocycles. The predicted molar refractivity (Wildman–Crippen MR) is 106 cm³/mol. The summed E-state index contributed by atoms with van der Waals surface area (Å²) in [5.74, 6) is -1.08. The van der Waals surface area contributed by atoms with E-state index in [-0.39, 0.29) is 17.8 Å². The van der Waals surface area contributed by atoms with Crippen molar-refractivity contribution < 1.29 is 9.90 Å². The van der Waals surface area contributed by atoms with E-state index < -0.39 is 5.97 Å². The van der Waals surface area contributed by atoms with Crippen molar-refractivity contribution in [3.8, 4) is 0 Å². The normalized spacial score (nSPS) is 11.2. The first-order chi connectivity index (χ1) is 14.1. The zero-order valence-corrected chi connectivity index (χ0v) is 15.9. The van der Waals surface area contributed by atoms with E-state index in [0.717, 1.165) is 17.9 Å². The number of aromatic nitrogens is 6. The number of pyridine rings is 2. The minimum absolute atomic E-state index is 0.0390. The van der Waals surface area contributed by atoms with Crippen molar-refractivity contribution in [2.45, 2.75) is 33.0 Å². The third-order valence-corrected chi connectivity index (χ3v) is 4.88. The fourth-order valence-electron chi connectivity index (χ4n) is 3.36. The first kappa shape index (κ1) is 18.6. The highest BCUT2D eigenvalue weighted by atomic mass is 16.4. The minimum Gasteiger partial charge on any atom is -0.478 e. The van der Waals surface area contributed by atoms with E-state index in [0.29, 0.717) is 24.1 Å². The van der Waals surface area contributed by atoms with Gasteiger partial charge < -0.3 is 9.67 Å². The highest BCUT2D eigenvalue weighted by molar-refractivity contribution is 5.91. The van der Waals surface area contributed by atoms with Gasteiger partial charge in [-0.1, -0.05) is 6.07 Å². The number of fused-ring (bicyclic) bond motifs is 1. The molecule has 148 valence electrons. The molecule has 0 unspecified atom stereocenters. The second-order valence-electron chi connectivity index (χ2n) is 6.63. The molecule has 0 amide bonds. The largest absolute Gasteiger partial charge is 0.478 e. The maximum absolute atomic E-state index is 13.2. The summed E-state index contributed by atoms with van der Waals surface area (Å²) in [6.45, 7) is 3.39. The van der Waals surface area contributed by atoms with Gasteiger partial charge in [-0.3, -0.25) is 14.1 Å². The number of carbonyl (C=O) groups is 1. The molecule has 0 fully saturated rings. The van der Waals surface area contributed by atoms with Crippen LogP contribution in [0.2, 0.25) is 0 Å². The van der Waals surface area contributed by atoms with Gasteiger partial charge >= 0.3 is 11.7 Å². The highest BCUT2D eigenvalue weighted by Gasteiger charge is 2.18. The molecule has 0 spiro atoms. The lowest BCUT2D eigenvalue weighted by Crippen LogP contribution is -2.26. The Kier molecular flexibility index (Phi) is 4.94. The van der Waals surface area contributed by atoms with Crippen LogP contribution in [-0.2, 0) is 26.1 Å². The standard InChI is InChI=1S/C20H20N6O3/c1-2-24-13-21-11-16(24)12-26-17-9-14(19(27)28)10-23-18(17)25(20(26)29)8-6-15-5-3-4-7-22-15/h3-5,7,9-11,13H,2,6,8,12H2,1H3,(H,27,28). The van der Waals surface area contributed by atoms with Crippen LogP contribution in [0.3, 0.4) is 0 Å². The Morgan fingerprint density at radius 1 is 1.17 bits per heavy atom. The van der Waals surface area contributed by atoms with Crippen molar-refractivity contribution in [1.82, 2.24) is 28.7 Å². The van der Waals surface area contributed by atoms with E-state index in [2.05, 4.69) is 15.0 Å². The molecule has 4 heterocycles. The Morgan fingerprint density at radius 2 is 2.03 bits per heavy atom. The van der Waals surface area contributed by atoms with Crippen LogP contribution in [0.15, 0.2) is 54.0 Å². The van der Waals surface area contributed by atoms with Gasteiger partial charge in [-0.05, 0) is 25.1 Å². The number of hydrogen-bond donors (Lipinski definition) is 1. The molecule has 0 radical (unpaired) electrons. The second-order valence-corrected chi connectivity index (χ2v) is 6.63. The minimum atomic E-state index is -1.08. The van der Waals surface area contributed by atoms with Gasteiger partial charge in [-0.25, -0.2) is 19.6 Å². The number of imidazole rings is 2. The third kappa shape index (κ3) is 3.54. The van der Waals surface area contributed by atoms with Gasteiger partial charge in [0.05, 0.1) is 29.6 Å². The van der Waals surface area contributed by atoms with E-state index >= 15 is 0 Å². The summed E-state index contributed by atoms with van der Waals surface area (Å²) >= 11 is 0. The van der Waals surface area contributed by atoms with Crippen molar-refractivity contribution in [3.63, 3.8) is 0 Å². The average molecular weight is 392 g/mol. The number of nitrogens with zero attached hydrogens (tertiary/aromatic N) is 6. The fraction of sp³-hybridized carbons (Fsp3) is 0.250. The van der Waals surface area contributed by atoms with E-state index in [9.17, 15) is 14.7 Å². The lowest BCUT2D eigenvalue weighted by atomic mass is 10.2. The summed E-state index contributed by atoms with van der Waals surface area (Å²) in [4.78, 5) is 37.4. The molecular weight excluding hydrogens is 372 g/mol. The molecule has 0 atom stereocenters. The summed E-state index contributed by atoms with van der Waals surface area (Å²) in [7, 11) is 0. The summed E-state index contributed by atoms with van der Waals surface area (Å²) in [6, 6.07) is 7.14. The Bertz CT molecular complexity index is 1220. The van der Waals surface area contributed by atoms with E-state index in [1.807, 2.05) is 29.7 Å². The Morgan fingerprint density at radius 3 is 2.76 bits per heavy atom. The number of rotatable bonds is 7. The van der Waals surface area contributed by atoms with Crippen molar-refractivity contribution in [1.29, 1.82) is 0 Å².